The molecule has 0 saturated heterocycles. The average Bonchev–Trinajstić information content (AvgIpc) is 2.79. The number of hydrogen-bond donors (Lipinski definition) is 1. The molecule has 2 N–H and O–H groups in total. The Bertz CT molecular complexity index is 568. The number of aromatic nitrogens is 2. The Balaban J connectivity index is 2.27. The lowest BCUT2D eigenvalue weighted by atomic mass is 10.1. The molecule has 0 aliphatic rings. The largest absolute Gasteiger partial charge is 0.333 e. The van der Waals surface area contributed by atoms with E-state index in [9.17, 15) is 4.39 Å². The van der Waals surface area contributed by atoms with E-state index in [0.717, 1.165) is 5.69 Å². The van der Waals surface area contributed by atoms with Crippen LogP contribution < -0.4 is 5.73 Å². The maximum atomic E-state index is 13.8. The van der Waals surface area contributed by atoms with Gasteiger partial charge in [0.15, 0.2) is 0 Å². The number of imidazole rings is 1. The molecule has 1 aromatic carbocycles. The SMILES string of the molecule is N#Cc1cccc(Cn2cnc(CN)c2)c1F. The Morgan fingerprint density at radius 3 is 2.94 bits per heavy atom. The maximum absolute atomic E-state index is 13.8. The van der Waals surface area contributed by atoms with Crippen molar-refractivity contribution in [3.05, 3.63) is 53.4 Å². The van der Waals surface area contributed by atoms with E-state index < -0.39 is 5.82 Å². The number of benzene rings is 1. The minimum atomic E-state index is -0.474. The first-order valence-corrected chi connectivity index (χ1v) is 5.13. The molecule has 0 amide bonds. The van der Waals surface area contributed by atoms with Crippen LogP contribution in [0.1, 0.15) is 16.8 Å². The molecule has 0 atom stereocenters. The average molecular weight is 230 g/mol. The third-order valence-electron chi connectivity index (χ3n) is 2.45. The molecule has 0 aliphatic carbocycles. The van der Waals surface area contributed by atoms with Crippen molar-refractivity contribution in [2.75, 3.05) is 0 Å². The molecule has 1 aromatic heterocycles. The summed E-state index contributed by atoms with van der Waals surface area (Å²) in [4.78, 5) is 4.05. The Hall–Kier alpha value is -2.19. The molecule has 0 bridgehead atoms. The Kier molecular flexibility index (Phi) is 3.17. The fraction of sp³-hybridized carbons (Fsp3) is 0.167. The van der Waals surface area contributed by atoms with Gasteiger partial charge in [-0.3, -0.25) is 0 Å². The highest BCUT2D eigenvalue weighted by Crippen LogP contribution is 2.13. The molecule has 0 unspecified atom stereocenters. The van der Waals surface area contributed by atoms with Crippen molar-refractivity contribution in [1.82, 2.24) is 9.55 Å². The summed E-state index contributed by atoms with van der Waals surface area (Å²) in [6.07, 6.45) is 3.36. The number of nitriles is 1. The van der Waals surface area contributed by atoms with E-state index in [0.29, 0.717) is 18.7 Å². The van der Waals surface area contributed by atoms with E-state index >= 15 is 0 Å². The van der Waals surface area contributed by atoms with E-state index in [-0.39, 0.29) is 5.56 Å². The second kappa shape index (κ2) is 4.76. The maximum Gasteiger partial charge on any atom is 0.145 e. The molecule has 0 radical (unpaired) electrons. The molecule has 0 fully saturated rings. The summed E-state index contributed by atoms with van der Waals surface area (Å²) in [6, 6.07) is 6.59. The highest BCUT2D eigenvalue weighted by Gasteiger charge is 2.08. The van der Waals surface area contributed by atoms with Gasteiger partial charge in [0.05, 0.1) is 24.1 Å². The molecule has 0 spiro atoms. The summed E-state index contributed by atoms with van der Waals surface area (Å²) in [5.41, 5.74) is 6.71. The van der Waals surface area contributed by atoms with Gasteiger partial charge in [-0.2, -0.15) is 5.26 Å². The first kappa shape index (κ1) is 11.3. The number of nitrogens with two attached hydrogens (primary N) is 1. The lowest BCUT2D eigenvalue weighted by Gasteiger charge is -2.04. The van der Waals surface area contributed by atoms with Crippen LogP contribution >= 0.6 is 0 Å². The third kappa shape index (κ3) is 2.32. The molecular formula is C12H11FN4. The van der Waals surface area contributed by atoms with Crippen molar-refractivity contribution in [2.45, 2.75) is 13.1 Å². The van der Waals surface area contributed by atoms with Crippen molar-refractivity contribution in [3.63, 3.8) is 0 Å². The van der Waals surface area contributed by atoms with Gasteiger partial charge in [0.25, 0.3) is 0 Å². The minimum Gasteiger partial charge on any atom is -0.333 e. The number of halogens is 1. The summed E-state index contributed by atoms with van der Waals surface area (Å²) in [7, 11) is 0. The monoisotopic (exact) mass is 230 g/mol. The van der Waals surface area contributed by atoms with Crippen LogP contribution in [0.2, 0.25) is 0 Å². The van der Waals surface area contributed by atoms with Crippen molar-refractivity contribution in [3.8, 4) is 6.07 Å². The van der Waals surface area contributed by atoms with E-state index in [1.807, 2.05) is 6.07 Å². The smallest absolute Gasteiger partial charge is 0.145 e. The second-order valence-corrected chi connectivity index (χ2v) is 3.63. The van der Waals surface area contributed by atoms with Crippen LogP contribution in [0.3, 0.4) is 0 Å². The molecule has 4 nitrogen and oxygen atoms in total. The van der Waals surface area contributed by atoms with Crippen LogP contribution in [0.15, 0.2) is 30.7 Å². The van der Waals surface area contributed by atoms with Crippen molar-refractivity contribution >= 4 is 0 Å². The summed E-state index contributed by atoms with van der Waals surface area (Å²) >= 11 is 0. The molecule has 2 aromatic rings. The topological polar surface area (TPSA) is 67.6 Å². The van der Waals surface area contributed by atoms with Crippen molar-refractivity contribution in [2.24, 2.45) is 5.73 Å². The lowest BCUT2D eigenvalue weighted by Crippen LogP contribution is -2.01. The molecule has 5 heteroatoms. The second-order valence-electron chi connectivity index (χ2n) is 3.63. The molecule has 1 heterocycles. The first-order valence-electron chi connectivity index (χ1n) is 5.13. The minimum absolute atomic E-state index is 0.0571. The zero-order valence-corrected chi connectivity index (χ0v) is 9.10. The summed E-state index contributed by atoms with van der Waals surface area (Å²) < 4.78 is 15.5. The molecule has 0 saturated carbocycles. The van der Waals surface area contributed by atoms with E-state index in [1.54, 1.807) is 29.2 Å². The van der Waals surface area contributed by atoms with Gasteiger partial charge in [-0.05, 0) is 6.07 Å². The van der Waals surface area contributed by atoms with Crippen LogP contribution in [0, 0.1) is 17.1 Å². The van der Waals surface area contributed by atoms with Crippen LogP contribution in [0.25, 0.3) is 0 Å². The van der Waals surface area contributed by atoms with Gasteiger partial charge in [0, 0.05) is 18.3 Å². The number of nitrogens with zero attached hydrogens (tertiary/aromatic N) is 3. The third-order valence-corrected chi connectivity index (χ3v) is 2.45. The standard InChI is InChI=1S/C12H11FN4/c13-12-9(4-14)2-1-3-10(12)6-17-7-11(5-15)16-8-17/h1-3,7-8H,5-6,15H2. The van der Waals surface area contributed by atoms with E-state index in [1.165, 1.54) is 6.07 Å². The van der Waals surface area contributed by atoms with Gasteiger partial charge in [-0.25, -0.2) is 9.37 Å². The predicted molar refractivity (Wildman–Crippen MR) is 60.3 cm³/mol. The van der Waals surface area contributed by atoms with Crippen LogP contribution in [0.4, 0.5) is 4.39 Å². The molecule has 0 aliphatic heterocycles. The van der Waals surface area contributed by atoms with Gasteiger partial charge < -0.3 is 10.3 Å². The van der Waals surface area contributed by atoms with Crippen molar-refractivity contribution < 1.29 is 4.39 Å². The zero-order valence-electron chi connectivity index (χ0n) is 9.10. The molecule has 86 valence electrons. The van der Waals surface area contributed by atoms with Gasteiger partial charge >= 0.3 is 0 Å². The quantitative estimate of drug-likeness (QED) is 0.866. The van der Waals surface area contributed by atoms with Crippen LogP contribution in [-0.2, 0) is 13.1 Å². The molecule has 17 heavy (non-hydrogen) atoms. The predicted octanol–water partition coefficient (Wildman–Crippen LogP) is 1.40. The van der Waals surface area contributed by atoms with Gasteiger partial charge in [-0.15, -0.1) is 0 Å². The van der Waals surface area contributed by atoms with E-state index in [2.05, 4.69) is 4.98 Å². The Morgan fingerprint density at radius 1 is 1.47 bits per heavy atom. The van der Waals surface area contributed by atoms with Gasteiger partial charge in [-0.1, -0.05) is 12.1 Å². The fourth-order valence-electron chi connectivity index (χ4n) is 1.58. The molecule has 2 rings (SSSR count). The van der Waals surface area contributed by atoms with Crippen LogP contribution in [0.5, 0.6) is 0 Å². The van der Waals surface area contributed by atoms with Gasteiger partial charge in [0.1, 0.15) is 11.9 Å². The van der Waals surface area contributed by atoms with E-state index in [4.69, 9.17) is 11.0 Å². The summed E-state index contributed by atoms with van der Waals surface area (Å²) in [5, 5.41) is 8.73. The van der Waals surface area contributed by atoms with Crippen LogP contribution in [-0.4, -0.2) is 9.55 Å². The summed E-state index contributed by atoms with van der Waals surface area (Å²) in [6.45, 7) is 0.696. The Morgan fingerprint density at radius 2 is 2.29 bits per heavy atom. The zero-order chi connectivity index (χ0) is 12.3. The number of hydrogen-bond acceptors (Lipinski definition) is 3. The molecular weight excluding hydrogens is 219 g/mol. The van der Waals surface area contributed by atoms with Crippen molar-refractivity contribution in [1.29, 1.82) is 5.26 Å². The summed E-state index contributed by atoms with van der Waals surface area (Å²) in [5.74, 6) is -0.474. The fourth-order valence-corrected chi connectivity index (χ4v) is 1.58. The lowest BCUT2D eigenvalue weighted by molar-refractivity contribution is 0.596. The highest BCUT2D eigenvalue weighted by molar-refractivity contribution is 5.35. The number of rotatable bonds is 3. The normalized spacial score (nSPS) is 10.2. The first-order chi connectivity index (χ1) is 8.24. The highest BCUT2D eigenvalue weighted by atomic mass is 19.1. The van der Waals surface area contributed by atoms with Gasteiger partial charge in [0.2, 0.25) is 0 Å². The Labute approximate surface area is 98.1 Å².